The summed E-state index contributed by atoms with van der Waals surface area (Å²) in [6.07, 6.45) is -37.1. The molecule has 83 heavy (non-hydrogen) atoms. The van der Waals surface area contributed by atoms with E-state index < -0.39 is 194 Å². The van der Waals surface area contributed by atoms with Crippen LogP contribution in [0.2, 0.25) is 0 Å². The van der Waals surface area contributed by atoms with Gasteiger partial charge < -0.3 is 113 Å². The van der Waals surface area contributed by atoms with Crippen molar-refractivity contribution in [2.75, 3.05) is 6.61 Å². The van der Waals surface area contributed by atoms with Crippen molar-refractivity contribution in [3.05, 3.63) is 11.6 Å². The van der Waals surface area contributed by atoms with Gasteiger partial charge in [0.1, 0.15) is 103 Å². The van der Waals surface area contributed by atoms with E-state index in [1.807, 2.05) is 0 Å². The topological polar surface area (TPSA) is 416 Å². The minimum atomic E-state index is -4.87. The van der Waals surface area contributed by atoms with Crippen molar-refractivity contribution in [3.8, 4) is 0 Å². The fourth-order valence-corrected chi connectivity index (χ4v) is 16.3. The number of allylic oxidation sites excluding steroid dienone is 2. The molecule has 5 aliphatic heterocycles. The van der Waals surface area contributed by atoms with Crippen molar-refractivity contribution in [2.45, 2.75) is 279 Å². The molecule has 0 amide bonds. The second kappa shape index (κ2) is 25.7. The van der Waals surface area contributed by atoms with Crippen LogP contribution < -0.4 is 0 Å². The molecule has 9 aliphatic rings. The Morgan fingerprint density at radius 2 is 1.16 bits per heavy atom. The summed E-state index contributed by atoms with van der Waals surface area (Å²) in [6.45, 7) is 13.1. The number of fused-ring (bicyclic) bond motifs is 5. The van der Waals surface area contributed by atoms with Crippen molar-refractivity contribution in [1.82, 2.24) is 0 Å². The van der Waals surface area contributed by atoms with Crippen LogP contribution in [0.3, 0.4) is 0 Å². The predicted octanol–water partition coefficient (Wildman–Crippen LogP) is -2.04. The minimum Gasteiger partial charge on any atom is -0.394 e. The number of hydrogen-bond acceptors (Lipinski definition) is 26. The average molecular weight is 1220 g/mol. The molecule has 5 heterocycles. The van der Waals surface area contributed by atoms with Crippen molar-refractivity contribution in [3.63, 3.8) is 0 Å². The third-order valence-electron chi connectivity index (χ3n) is 20.3. The highest BCUT2D eigenvalue weighted by Gasteiger charge is 2.63. The van der Waals surface area contributed by atoms with Crippen molar-refractivity contribution in [1.29, 1.82) is 0 Å². The SMILES string of the molecule is CCC1OC(OC2C(C)OC(OC3C(O)C(CO)OC(OC4CC5C(=CCC6(C)C(C(C)CC(C)=O)CCC56)C5(C)CCC(OS(=O)(=O)O)CC45)C3O)C(OC3OC(C)C(O)C(O)C3O)C2O)C(OC2OC(C)C(O)C(O)C2O)C(O)C1O. The molecule has 3 saturated carbocycles. The van der Waals surface area contributed by atoms with Gasteiger partial charge in [0.2, 0.25) is 0 Å². The lowest BCUT2D eigenvalue weighted by Crippen LogP contribution is -2.68. The van der Waals surface area contributed by atoms with Crippen molar-refractivity contribution >= 4 is 16.2 Å². The molecule has 0 spiro atoms. The highest BCUT2D eigenvalue weighted by atomic mass is 32.3. The van der Waals surface area contributed by atoms with E-state index in [1.54, 1.807) is 13.8 Å². The Morgan fingerprint density at radius 1 is 0.614 bits per heavy atom. The van der Waals surface area contributed by atoms with E-state index in [2.05, 4.69) is 26.8 Å². The predicted molar refractivity (Wildman–Crippen MR) is 280 cm³/mol. The zero-order valence-electron chi connectivity index (χ0n) is 48.1. The summed E-state index contributed by atoms with van der Waals surface area (Å²) in [5, 5.41) is 135. The smallest absolute Gasteiger partial charge is 0.394 e. The molecule has 27 nitrogen and oxygen atoms in total. The number of ketones is 1. The van der Waals surface area contributed by atoms with Gasteiger partial charge >= 0.3 is 10.4 Å². The molecule has 0 aromatic carbocycles. The Labute approximate surface area is 482 Å². The number of ether oxygens (including phenoxy) is 10. The molecule has 5 saturated heterocycles. The second-order valence-electron chi connectivity index (χ2n) is 25.6. The summed E-state index contributed by atoms with van der Waals surface area (Å²) in [7, 11) is -4.87. The zero-order chi connectivity index (χ0) is 60.7. The van der Waals surface area contributed by atoms with Crippen LogP contribution in [0.15, 0.2) is 11.6 Å². The quantitative estimate of drug-likeness (QED) is 0.0551. The normalized spacial score (nSPS) is 52.6. The first kappa shape index (κ1) is 65.8. The van der Waals surface area contributed by atoms with Crippen LogP contribution in [-0.2, 0) is 66.7 Å². The van der Waals surface area contributed by atoms with Gasteiger partial charge in [-0.15, -0.1) is 0 Å². The summed E-state index contributed by atoms with van der Waals surface area (Å²) in [4.78, 5) is 12.4. The number of aliphatic hydroxyl groups is 12. The second-order valence-corrected chi connectivity index (χ2v) is 26.7. The van der Waals surface area contributed by atoms with E-state index in [4.69, 9.17) is 51.6 Å². The van der Waals surface area contributed by atoms with Crippen LogP contribution >= 0.6 is 0 Å². The van der Waals surface area contributed by atoms with E-state index in [1.165, 1.54) is 26.3 Å². The number of aliphatic hydroxyl groups excluding tert-OH is 12. The van der Waals surface area contributed by atoms with Crippen LogP contribution in [0.1, 0.15) is 113 Å². The largest absolute Gasteiger partial charge is 0.397 e. The Morgan fingerprint density at radius 3 is 1.73 bits per heavy atom. The number of carbonyl (C=O) groups is 1. The van der Waals surface area contributed by atoms with Gasteiger partial charge in [0.05, 0.1) is 43.2 Å². The maximum absolute atomic E-state index is 12.5. The van der Waals surface area contributed by atoms with Gasteiger partial charge in [-0.3, -0.25) is 4.55 Å². The van der Waals surface area contributed by atoms with Gasteiger partial charge in [0.25, 0.3) is 0 Å². The van der Waals surface area contributed by atoms with Crippen LogP contribution in [0.4, 0.5) is 0 Å². The first-order chi connectivity index (χ1) is 38.9. The van der Waals surface area contributed by atoms with Gasteiger partial charge in [0, 0.05) is 6.42 Å². The first-order valence-electron chi connectivity index (χ1n) is 29.4. The molecule has 478 valence electrons. The molecule has 0 radical (unpaired) electrons. The van der Waals surface area contributed by atoms with Gasteiger partial charge in [-0.25, -0.2) is 4.18 Å². The van der Waals surface area contributed by atoms with Gasteiger partial charge in [-0.1, -0.05) is 39.3 Å². The third-order valence-corrected chi connectivity index (χ3v) is 20.8. The summed E-state index contributed by atoms with van der Waals surface area (Å²) < 4.78 is 101. The Bertz CT molecular complexity index is 2350. The molecule has 0 aromatic heterocycles. The Kier molecular flexibility index (Phi) is 20.4. The van der Waals surface area contributed by atoms with Crippen LogP contribution in [-0.4, -0.2) is 252 Å². The average Bonchev–Trinajstić information content (AvgIpc) is 1.93. The number of rotatable bonds is 17. The van der Waals surface area contributed by atoms with Crippen molar-refractivity contribution < 1.29 is 131 Å². The molecule has 34 unspecified atom stereocenters. The van der Waals surface area contributed by atoms with Crippen LogP contribution in [0.5, 0.6) is 0 Å². The molecule has 0 aromatic rings. The van der Waals surface area contributed by atoms with E-state index >= 15 is 0 Å². The monoisotopic (exact) mass is 1210 g/mol. The van der Waals surface area contributed by atoms with E-state index in [-0.39, 0.29) is 54.1 Å². The number of hydrogen-bond donors (Lipinski definition) is 13. The van der Waals surface area contributed by atoms with Crippen LogP contribution in [0, 0.1) is 40.4 Å². The fourth-order valence-electron chi connectivity index (χ4n) is 15.8. The molecule has 13 N–H and O–H groups in total. The molecule has 8 fully saturated rings. The highest BCUT2D eigenvalue weighted by molar-refractivity contribution is 7.80. The minimum absolute atomic E-state index is 0.0631. The molecular formula is C55H90O27S. The standard InChI is InChI=1S/C55H90O27S/c1-9-31-36(60)40(64)47(80-49-41(65)38(62)34(58)22(4)72-49)53(75-31)78-45-24(6)74-52(48(43(45)67)81-50-42(66)39(63)35(59)23(5)73-50)79-46-37(61)33(19-56)77-51(44(46)68)76-32-18-26-28-11-10-27(20(2)16-21(3)57)54(28,7)15-13-29(26)55(8)14-12-25(17-30(32)55)82-83(69,70)71/h13,20,22-28,30-53,56,58-68H,9-12,14-19H2,1-8H3,(H,69,70,71). The lowest BCUT2D eigenvalue weighted by Gasteiger charge is -2.59. The summed E-state index contributed by atoms with van der Waals surface area (Å²) >= 11 is 0. The lowest BCUT2D eigenvalue weighted by atomic mass is 9.47. The molecule has 9 rings (SSSR count). The fraction of sp³-hybridized carbons (Fsp3) is 0.945. The summed E-state index contributed by atoms with van der Waals surface area (Å²) in [6, 6.07) is 0. The number of carbonyl (C=O) groups excluding carboxylic acids is 1. The van der Waals surface area contributed by atoms with E-state index in [0.29, 0.717) is 19.3 Å². The third kappa shape index (κ3) is 12.8. The maximum Gasteiger partial charge on any atom is 0.397 e. The zero-order valence-corrected chi connectivity index (χ0v) is 48.9. The summed E-state index contributed by atoms with van der Waals surface area (Å²) in [5.74, 6) is 0.0754. The van der Waals surface area contributed by atoms with E-state index in [0.717, 1.165) is 19.3 Å². The molecule has 4 aliphatic carbocycles. The first-order valence-corrected chi connectivity index (χ1v) is 30.8. The highest BCUT2D eigenvalue weighted by Crippen LogP contribution is 2.67. The lowest BCUT2D eigenvalue weighted by molar-refractivity contribution is -0.407. The Hall–Kier alpha value is -1.60. The molecular weight excluding hydrogens is 1120 g/mol. The molecule has 34 atom stereocenters. The van der Waals surface area contributed by atoms with Gasteiger partial charge in [-0.05, 0) is 119 Å². The summed E-state index contributed by atoms with van der Waals surface area (Å²) in [5.41, 5.74) is 0.406. The van der Waals surface area contributed by atoms with E-state index in [9.17, 15) is 79.0 Å². The van der Waals surface area contributed by atoms with Gasteiger partial charge in [0.15, 0.2) is 31.5 Å². The molecule has 28 heteroatoms. The maximum atomic E-state index is 12.5. The number of Topliss-reactive ketones (excluding diaryl/α,β-unsaturated/α-hetero) is 1. The van der Waals surface area contributed by atoms with Gasteiger partial charge in [-0.2, -0.15) is 8.42 Å². The van der Waals surface area contributed by atoms with Crippen molar-refractivity contribution in [2.24, 2.45) is 40.4 Å². The molecule has 0 bridgehead atoms. The Balaban J connectivity index is 1.01. The van der Waals surface area contributed by atoms with Crippen LogP contribution in [0.25, 0.3) is 0 Å².